The van der Waals surface area contributed by atoms with Gasteiger partial charge in [0.15, 0.2) is 0 Å². The van der Waals surface area contributed by atoms with E-state index in [0.29, 0.717) is 31.2 Å². The van der Waals surface area contributed by atoms with E-state index in [0.717, 1.165) is 24.8 Å². The van der Waals surface area contributed by atoms with Crippen LogP contribution in [0, 0.1) is 40.9 Å². The standard InChI is InChI=1S/C33H46BN3O5/c1-21-10-12-22(13-11-21)15-28(34-41-27-17-24-16-26(32(24,5)6)33(27,7)42-34)36-30(39)40-20-25-9-8-14-37(25)29(38)23(19-35)18-31(2,3)4/h10-13,18,24-28H,8-9,14-17,20H2,1-7H3,(H,36,39)/t24-,25+,26-,27+,28?,33-/m0/s1. The molecule has 0 spiro atoms. The predicted octanol–water partition coefficient (Wildman–Crippen LogP) is 5.39. The largest absolute Gasteiger partial charge is 0.482 e. The third-order valence-electron chi connectivity index (χ3n) is 10.1. The summed E-state index contributed by atoms with van der Waals surface area (Å²) in [4.78, 5) is 28.1. The molecule has 6 rings (SSSR count). The first-order chi connectivity index (χ1) is 19.7. The maximum atomic E-state index is 13.2. The van der Waals surface area contributed by atoms with Crippen molar-refractivity contribution in [3.05, 3.63) is 47.0 Å². The molecule has 0 radical (unpaired) electrons. The van der Waals surface area contributed by atoms with Gasteiger partial charge >= 0.3 is 13.2 Å². The molecule has 1 unspecified atom stereocenters. The molecule has 42 heavy (non-hydrogen) atoms. The Kier molecular flexibility index (Phi) is 8.28. The molecule has 8 nitrogen and oxygen atoms in total. The third kappa shape index (κ3) is 5.98. The van der Waals surface area contributed by atoms with Gasteiger partial charge in [-0.2, -0.15) is 5.26 Å². The zero-order valence-corrected chi connectivity index (χ0v) is 26.2. The van der Waals surface area contributed by atoms with Crippen LogP contribution in [-0.2, 0) is 25.3 Å². The van der Waals surface area contributed by atoms with Crippen molar-refractivity contribution in [2.75, 3.05) is 13.2 Å². The quantitative estimate of drug-likeness (QED) is 0.266. The Morgan fingerprint density at radius 3 is 2.60 bits per heavy atom. The lowest BCUT2D eigenvalue weighted by Gasteiger charge is -2.64. The van der Waals surface area contributed by atoms with Gasteiger partial charge in [0, 0.05) is 6.54 Å². The van der Waals surface area contributed by atoms with Crippen molar-refractivity contribution in [1.82, 2.24) is 10.2 Å². The number of amides is 2. The fourth-order valence-corrected chi connectivity index (χ4v) is 7.64. The van der Waals surface area contributed by atoms with E-state index in [4.69, 9.17) is 14.0 Å². The summed E-state index contributed by atoms with van der Waals surface area (Å²) in [6, 6.07) is 10.1. The Bertz CT molecular complexity index is 1270. The van der Waals surface area contributed by atoms with E-state index in [-0.39, 0.29) is 46.7 Å². The van der Waals surface area contributed by atoms with Gasteiger partial charge in [-0.1, -0.05) is 70.5 Å². The molecule has 2 bridgehead atoms. The van der Waals surface area contributed by atoms with Gasteiger partial charge in [0.2, 0.25) is 0 Å². The molecule has 2 aliphatic heterocycles. The van der Waals surface area contributed by atoms with Gasteiger partial charge < -0.3 is 24.3 Å². The normalized spacial score (nSPS) is 30.7. The fourth-order valence-electron chi connectivity index (χ4n) is 7.64. The predicted molar refractivity (Wildman–Crippen MR) is 161 cm³/mol. The minimum atomic E-state index is -0.589. The third-order valence-corrected chi connectivity index (χ3v) is 10.1. The van der Waals surface area contributed by atoms with Crippen LogP contribution in [0.15, 0.2) is 35.9 Å². The second-order valence-electron chi connectivity index (χ2n) is 14.7. The highest BCUT2D eigenvalue weighted by Gasteiger charge is 2.68. The number of nitrogens with one attached hydrogen (secondary N) is 1. The number of carbonyl (C=O) groups is 2. The molecule has 226 valence electrons. The number of likely N-dealkylation sites (tertiary alicyclic amines) is 1. The van der Waals surface area contributed by atoms with Gasteiger partial charge in [0.1, 0.15) is 18.2 Å². The highest BCUT2D eigenvalue weighted by atomic mass is 16.7. The lowest BCUT2D eigenvalue weighted by molar-refractivity contribution is -0.199. The molecule has 2 saturated heterocycles. The number of nitriles is 1. The zero-order chi connectivity index (χ0) is 30.4. The van der Waals surface area contributed by atoms with Crippen LogP contribution in [0.25, 0.3) is 0 Å². The molecule has 9 heteroatoms. The van der Waals surface area contributed by atoms with Crippen molar-refractivity contribution in [2.24, 2.45) is 22.7 Å². The Labute approximate surface area is 251 Å². The van der Waals surface area contributed by atoms with E-state index in [1.807, 2.05) is 20.8 Å². The fraction of sp³-hybridized carbons (Fsp3) is 0.667. The lowest BCUT2D eigenvalue weighted by Crippen LogP contribution is -2.65. The summed E-state index contributed by atoms with van der Waals surface area (Å²) >= 11 is 0. The molecule has 5 fully saturated rings. The van der Waals surface area contributed by atoms with E-state index in [1.165, 1.54) is 5.56 Å². The number of nitrogens with zero attached hydrogens (tertiary/aromatic N) is 2. The summed E-state index contributed by atoms with van der Waals surface area (Å²) in [6.07, 6.45) is 5.33. The van der Waals surface area contributed by atoms with Crippen molar-refractivity contribution in [3.63, 3.8) is 0 Å². The average Bonchev–Trinajstić information content (AvgIpc) is 3.54. The highest BCUT2D eigenvalue weighted by Crippen LogP contribution is 2.65. The summed E-state index contributed by atoms with van der Waals surface area (Å²) in [5.41, 5.74) is 1.91. The molecular formula is C33H46BN3O5. The van der Waals surface area contributed by atoms with Gasteiger partial charge in [-0.25, -0.2) is 4.79 Å². The number of allylic oxidation sites excluding steroid dienone is 1. The van der Waals surface area contributed by atoms with Crippen molar-refractivity contribution in [1.29, 1.82) is 5.26 Å². The second kappa shape index (κ2) is 11.4. The van der Waals surface area contributed by atoms with Crippen LogP contribution in [0.5, 0.6) is 0 Å². The Morgan fingerprint density at radius 2 is 1.95 bits per heavy atom. The number of alkyl carbamates (subject to hydrolysis) is 1. The molecule has 1 aromatic carbocycles. The van der Waals surface area contributed by atoms with Crippen LogP contribution in [0.4, 0.5) is 4.79 Å². The molecule has 1 N–H and O–H groups in total. The van der Waals surface area contributed by atoms with E-state index in [1.54, 1.807) is 11.0 Å². The molecule has 2 heterocycles. The summed E-state index contributed by atoms with van der Waals surface area (Å²) < 4.78 is 19.0. The number of rotatable bonds is 7. The molecule has 5 aliphatic rings. The zero-order valence-electron chi connectivity index (χ0n) is 26.2. The summed E-state index contributed by atoms with van der Waals surface area (Å²) in [7, 11) is -0.589. The molecule has 2 amide bonds. The number of hydrogen-bond donors (Lipinski definition) is 1. The van der Waals surface area contributed by atoms with Crippen LogP contribution in [0.1, 0.15) is 78.4 Å². The van der Waals surface area contributed by atoms with E-state index < -0.39 is 19.2 Å². The molecule has 3 saturated carbocycles. The van der Waals surface area contributed by atoms with Gasteiger partial charge in [-0.05, 0) is 74.2 Å². The maximum absolute atomic E-state index is 13.2. The first kappa shape index (κ1) is 30.6. The number of hydrogen-bond acceptors (Lipinski definition) is 6. The summed E-state index contributed by atoms with van der Waals surface area (Å²) in [5.74, 6) is 0.306. The SMILES string of the molecule is Cc1ccc(CC(NC(=O)OC[C@H]2CCCN2C(=O)C(C#N)=CC(C)(C)C)B2O[C@@H]3C[C@@H]4C[C@@H](C4(C)C)[C@]3(C)O2)cc1. The molecule has 3 aliphatic carbocycles. The highest BCUT2D eigenvalue weighted by molar-refractivity contribution is 6.47. The van der Waals surface area contributed by atoms with Crippen molar-refractivity contribution < 1.29 is 23.6 Å². The number of carbonyl (C=O) groups excluding carboxylic acids is 2. The molecular weight excluding hydrogens is 529 g/mol. The minimum Gasteiger partial charge on any atom is -0.447 e. The van der Waals surface area contributed by atoms with Crippen molar-refractivity contribution in [2.45, 2.75) is 104 Å². The minimum absolute atomic E-state index is 0.00570. The first-order valence-corrected chi connectivity index (χ1v) is 15.5. The van der Waals surface area contributed by atoms with Gasteiger partial charge in [-0.15, -0.1) is 0 Å². The number of ether oxygens (including phenoxy) is 1. The maximum Gasteiger partial charge on any atom is 0.482 e. The van der Waals surface area contributed by atoms with Crippen molar-refractivity contribution >= 4 is 19.1 Å². The summed E-state index contributed by atoms with van der Waals surface area (Å²) in [5, 5.41) is 12.7. The first-order valence-electron chi connectivity index (χ1n) is 15.5. The Hall–Kier alpha value is -2.83. The van der Waals surface area contributed by atoms with Crippen LogP contribution < -0.4 is 5.32 Å². The van der Waals surface area contributed by atoms with Crippen LogP contribution >= 0.6 is 0 Å². The van der Waals surface area contributed by atoms with Gasteiger partial charge in [-0.3, -0.25) is 4.79 Å². The van der Waals surface area contributed by atoms with E-state index >= 15 is 0 Å². The lowest BCUT2D eigenvalue weighted by atomic mass is 9.43. The smallest absolute Gasteiger partial charge is 0.447 e. The van der Waals surface area contributed by atoms with Gasteiger partial charge in [0.05, 0.1) is 23.7 Å². The van der Waals surface area contributed by atoms with Crippen LogP contribution in [-0.4, -0.2) is 60.9 Å². The van der Waals surface area contributed by atoms with E-state index in [9.17, 15) is 14.9 Å². The van der Waals surface area contributed by atoms with Crippen molar-refractivity contribution in [3.8, 4) is 6.07 Å². The molecule has 6 atom stereocenters. The number of benzene rings is 1. The molecule has 0 aromatic heterocycles. The van der Waals surface area contributed by atoms with E-state index in [2.05, 4.69) is 63.3 Å². The second-order valence-corrected chi connectivity index (χ2v) is 14.7. The van der Waals surface area contributed by atoms with Gasteiger partial charge in [0.25, 0.3) is 5.91 Å². The number of aryl methyl sites for hydroxylation is 1. The molecule has 1 aromatic rings. The van der Waals surface area contributed by atoms with Crippen LogP contribution in [0.3, 0.4) is 0 Å². The Balaban J connectivity index is 1.26. The Morgan fingerprint density at radius 1 is 1.24 bits per heavy atom. The van der Waals surface area contributed by atoms with Crippen LogP contribution in [0.2, 0.25) is 0 Å². The monoisotopic (exact) mass is 575 g/mol. The topological polar surface area (TPSA) is 101 Å². The average molecular weight is 576 g/mol. The summed E-state index contributed by atoms with van der Waals surface area (Å²) in [6.45, 7) is 15.4.